The van der Waals surface area contributed by atoms with E-state index >= 15 is 0 Å². The van der Waals surface area contributed by atoms with Gasteiger partial charge in [0.2, 0.25) is 0 Å². The molecule has 0 aliphatic heterocycles. The topological polar surface area (TPSA) is 29.5 Å². The van der Waals surface area contributed by atoms with Crippen LogP contribution < -0.4 is 0 Å². The Morgan fingerprint density at radius 3 is 1.54 bits per heavy atom. The van der Waals surface area contributed by atoms with Crippen LogP contribution in [0.3, 0.4) is 0 Å². The first kappa shape index (κ1) is 25.4. The molecule has 0 fully saturated rings. The standard InChI is InChI=1S/C15H24.C4H10.C3H8O2/c1-12(2)11-14(15(3,4)5)13-9-7-6-8-10-13;1-4(2)3;1-3(4)5-2/h6-10,12,14H,11H2,1-5H3;4H,1-3H3;3-4H,1-2H3. The summed E-state index contributed by atoms with van der Waals surface area (Å²) in [6.07, 6.45) is 0.656. The third-order valence-electron chi connectivity index (χ3n) is 3.30. The van der Waals surface area contributed by atoms with Crippen molar-refractivity contribution < 1.29 is 9.84 Å². The highest BCUT2D eigenvalue weighted by Gasteiger charge is 2.26. The molecule has 0 aromatic heterocycles. The molecule has 2 unspecified atom stereocenters. The van der Waals surface area contributed by atoms with E-state index in [9.17, 15) is 0 Å². The van der Waals surface area contributed by atoms with Gasteiger partial charge in [0.25, 0.3) is 0 Å². The van der Waals surface area contributed by atoms with Crippen molar-refractivity contribution in [3.63, 3.8) is 0 Å². The lowest BCUT2D eigenvalue weighted by Gasteiger charge is -2.32. The third-order valence-corrected chi connectivity index (χ3v) is 3.30. The molecule has 2 atom stereocenters. The number of aliphatic hydroxyl groups is 1. The molecule has 0 saturated carbocycles. The molecule has 0 bridgehead atoms. The van der Waals surface area contributed by atoms with Gasteiger partial charge in [-0.1, -0.05) is 85.7 Å². The van der Waals surface area contributed by atoms with Gasteiger partial charge in [0.05, 0.1) is 0 Å². The van der Waals surface area contributed by atoms with Crippen molar-refractivity contribution in [2.45, 2.75) is 80.9 Å². The SMILES string of the molecule is CC(C)C.CC(C)CC(c1ccccc1)C(C)(C)C.COC(C)O. The van der Waals surface area contributed by atoms with E-state index < -0.39 is 6.29 Å². The Balaban J connectivity index is 0. The van der Waals surface area contributed by atoms with Gasteiger partial charge in [0, 0.05) is 7.11 Å². The molecule has 142 valence electrons. The smallest absolute Gasteiger partial charge is 0.151 e. The average molecular weight is 339 g/mol. The highest BCUT2D eigenvalue weighted by Crippen LogP contribution is 2.39. The minimum absolute atomic E-state index is 0.353. The first-order valence-electron chi connectivity index (χ1n) is 9.17. The fraction of sp³-hybridized carbons (Fsp3) is 0.727. The lowest BCUT2D eigenvalue weighted by atomic mass is 9.72. The molecule has 0 saturated heterocycles. The lowest BCUT2D eigenvalue weighted by Crippen LogP contribution is -2.20. The molecule has 1 N–H and O–H groups in total. The van der Waals surface area contributed by atoms with E-state index in [2.05, 4.69) is 90.5 Å². The van der Waals surface area contributed by atoms with E-state index in [0.29, 0.717) is 11.3 Å². The Morgan fingerprint density at radius 2 is 1.29 bits per heavy atom. The molecule has 2 nitrogen and oxygen atoms in total. The van der Waals surface area contributed by atoms with Crippen LogP contribution >= 0.6 is 0 Å². The van der Waals surface area contributed by atoms with Crippen molar-refractivity contribution in [2.24, 2.45) is 17.3 Å². The molecule has 2 heteroatoms. The summed E-state index contributed by atoms with van der Waals surface area (Å²) in [5.41, 5.74) is 1.84. The largest absolute Gasteiger partial charge is 0.368 e. The highest BCUT2D eigenvalue weighted by atomic mass is 16.6. The first-order chi connectivity index (χ1) is 10.9. The second kappa shape index (κ2) is 13.4. The summed E-state index contributed by atoms with van der Waals surface area (Å²) in [6, 6.07) is 10.9. The van der Waals surface area contributed by atoms with Crippen LogP contribution in [0.5, 0.6) is 0 Å². The lowest BCUT2D eigenvalue weighted by molar-refractivity contribution is -0.0583. The van der Waals surface area contributed by atoms with Crippen LogP contribution in [-0.4, -0.2) is 18.5 Å². The van der Waals surface area contributed by atoms with Crippen molar-refractivity contribution >= 4 is 0 Å². The van der Waals surface area contributed by atoms with Crippen molar-refractivity contribution in [3.8, 4) is 0 Å². The molecule has 0 amide bonds. The van der Waals surface area contributed by atoms with Gasteiger partial charge >= 0.3 is 0 Å². The summed E-state index contributed by atoms with van der Waals surface area (Å²) in [5.74, 6) is 2.26. The zero-order valence-corrected chi connectivity index (χ0v) is 17.8. The van der Waals surface area contributed by atoms with Gasteiger partial charge in [-0.3, -0.25) is 0 Å². The van der Waals surface area contributed by atoms with Gasteiger partial charge in [-0.15, -0.1) is 0 Å². The maximum atomic E-state index is 8.14. The predicted molar refractivity (Wildman–Crippen MR) is 107 cm³/mol. The molecule has 1 aromatic rings. The van der Waals surface area contributed by atoms with Crippen molar-refractivity contribution in [2.75, 3.05) is 7.11 Å². The normalized spacial score (nSPS) is 13.5. The van der Waals surface area contributed by atoms with Crippen molar-refractivity contribution in [1.82, 2.24) is 0 Å². The van der Waals surface area contributed by atoms with E-state index in [4.69, 9.17) is 5.11 Å². The summed E-state index contributed by atoms with van der Waals surface area (Å²) in [6.45, 7) is 19.7. The van der Waals surface area contributed by atoms with Crippen LogP contribution in [0.1, 0.15) is 80.2 Å². The van der Waals surface area contributed by atoms with E-state index in [1.807, 2.05) is 0 Å². The molecule has 0 spiro atoms. The zero-order valence-electron chi connectivity index (χ0n) is 17.8. The van der Waals surface area contributed by atoms with Gasteiger partial charge in [-0.05, 0) is 42.1 Å². The van der Waals surface area contributed by atoms with Crippen LogP contribution in [0.2, 0.25) is 0 Å². The minimum Gasteiger partial charge on any atom is -0.368 e. The number of ether oxygens (including phenoxy) is 1. The molecule has 0 aliphatic rings. The second-order valence-electron chi connectivity index (χ2n) is 8.53. The molecule has 1 aromatic carbocycles. The van der Waals surface area contributed by atoms with Crippen LogP contribution in [0.15, 0.2) is 30.3 Å². The fourth-order valence-electron chi connectivity index (χ4n) is 2.15. The monoisotopic (exact) mass is 338 g/mol. The van der Waals surface area contributed by atoms with Crippen LogP contribution in [0.4, 0.5) is 0 Å². The number of hydrogen-bond acceptors (Lipinski definition) is 2. The molecular formula is C22H42O2. The Morgan fingerprint density at radius 1 is 0.917 bits per heavy atom. The summed E-state index contributed by atoms with van der Waals surface area (Å²) in [5, 5.41) is 8.14. The van der Waals surface area contributed by atoms with E-state index in [1.165, 1.54) is 19.1 Å². The molecular weight excluding hydrogens is 296 g/mol. The molecule has 24 heavy (non-hydrogen) atoms. The number of methoxy groups -OCH3 is 1. The molecule has 0 radical (unpaired) electrons. The molecule has 0 aliphatic carbocycles. The highest BCUT2D eigenvalue weighted by molar-refractivity contribution is 5.21. The quantitative estimate of drug-likeness (QED) is 0.635. The average Bonchev–Trinajstić information content (AvgIpc) is 2.44. The van der Waals surface area contributed by atoms with Gasteiger partial charge in [0.1, 0.15) is 0 Å². The first-order valence-corrected chi connectivity index (χ1v) is 9.17. The second-order valence-corrected chi connectivity index (χ2v) is 8.53. The summed E-state index contributed by atoms with van der Waals surface area (Å²) >= 11 is 0. The Labute approximate surface area is 151 Å². The molecule has 1 rings (SSSR count). The zero-order chi connectivity index (χ0) is 19.3. The van der Waals surface area contributed by atoms with Gasteiger partial charge in [-0.2, -0.15) is 0 Å². The molecule has 0 heterocycles. The van der Waals surface area contributed by atoms with Crippen molar-refractivity contribution in [3.05, 3.63) is 35.9 Å². The fourth-order valence-corrected chi connectivity index (χ4v) is 2.15. The number of hydrogen-bond donors (Lipinski definition) is 1. The summed E-state index contributed by atoms with van der Waals surface area (Å²) < 4.78 is 4.31. The van der Waals surface area contributed by atoms with Gasteiger partial charge in [0.15, 0.2) is 6.29 Å². The van der Waals surface area contributed by atoms with Crippen LogP contribution in [0.25, 0.3) is 0 Å². The summed E-state index contributed by atoms with van der Waals surface area (Å²) in [4.78, 5) is 0. The number of benzene rings is 1. The Bertz CT molecular complexity index is 372. The number of aliphatic hydroxyl groups excluding tert-OH is 1. The third kappa shape index (κ3) is 16.0. The Kier molecular flexibility index (Phi) is 14.2. The number of rotatable bonds is 4. The maximum absolute atomic E-state index is 8.14. The van der Waals surface area contributed by atoms with E-state index in [0.717, 1.165) is 11.8 Å². The van der Waals surface area contributed by atoms with E-state index in [-0.39, 0.29) is 0 Å². The predicted octanol–water partition coefficient (Wildman–Crippen LogP) is 6.50. The van der Waals surface area contributed by atoms with Crippen LogP contribution in [-0.2, 0) is 4.74 Å². The van der Waals surface area contributed by atoms with Crippen molar-refractivity contribution in [1.29, 1.82) is 0 Å². The van der Waals surface area contributed by atoms with E-state index in [1.54, 1.807) is 6.92 Å². The van der Waals surface area contributed by atoms with Gasteiger partial charge in [-0.25, -0.2) is 0 Å². The van der Waals surface area contributed by atoms with Gasteiger partial charge < -0.3 is 9.84 Å². The Hall–Kier alpha value is -0.860. The summed E-state index contributed by atoms with van der Waals surface area (Å²) in [7, 11) is 1.45. The maximum Gasteiger partial charge on any atom is 0.151 e. The minimum atomic E-state index is -0.616. The van der Waals surface area contributed by atoms with Crippen LogP contribution in [0, 0.1) is 17.3 Å².